The van der Waals surface area contributed by atoms with Gasteiger partial charge in [-0.15, -0.1) is 11.3 Å². The number of carbonyl (C=O) groups is 1. The van der Waals surface area contributed by atoms with Gasteiger partial charge in [-0.05, 0) is 45.7 Å². The lowest BCUT2D eigenvalue weighted by atomic mass is 10.1. The minimum absolute atomic E-state index is 0.116. The summed E-state index contributed by atoms with van der Waals surface area (Å²) >= 11 is 3.29. The first-order valence-electron chi connectivity index (χ1n) is 10.1. The number of carbonyl (C=O) groups excluding carboxylic acids is 1. The van der Waals surface area contributed by atoms with Gasteiger partial charge in [0, 0.05) is 46.9 Å². The topological polar surface area (TPSA) is 58.4 Å². The summed E-state index contributed by atoms with van der Waals surface area (Å²) in [5.41, 5.74) is 2.74. The third-order valence-corrected chi connectivity index (χ3v) is 7.61. The van der Waals surface area contributed by atoms with Crippen molar-refractivity contribution in [2.24, 2.45) is 5.92 Å². The van der Waals surface area contributed by atoms with Crippen molar-refractivity contribution in [2.45, 2.75) is 43.3 Å². The molecule has 154 valence electrons. The number of hydrogen-bond donors (Lipinski definition) is 1. The number of benzene rings is 1. The van der Waals surface area contributed by atoms with E-state index in [-0.39, 0.29) is 5.91 Å². The van der Waals surface area contributed by atoms with Gasteiger partial charge < -0.3 is 14.6 Å². The van der Waals surface area contributed by atoms with Gasteiger partial charge in [0.2, 0.25) is 0 Å². The third kappa shape index (κ3) is 4.68. The molecule has 5 nitrogen and oxygen atoms in total. The van der Waals surface area contributed by atoms with Crippen molar-refractivity contribution in [2.75, 3.05) is 19.6 Å². The molecule has 1 aliphatic heterocycles. The van der Waals surface area contributed by atoms with Crippen molar-refractivity contribution in [3.05, 3.63) is 46.7 Å². The van der Waals surface area contributed by atoms with Crippen LogP contribution in [0.1, 0.15) is 42.1 Å². The molecule has 0 bridgehead atoms. The molecule has 1 aliphatic rings. The van der Waals surface area contributed by atoms with E-state index in [0.717, 1.165) is 46.1 Å². The van der Waals surface area contributed by atoms with Gasteiger partial charge in [0.15, 0.2) is 5.76 Å². The first-order chi connectivity index (χ1) is 14.0. The number of hydrogen-bond acceptors (Lipinski definition) is 6. The molecule has 1 N–H and O–H groups in total. The number of fused-ring (bicyclic) bond motifs is 1. The smallest absolute Gasteiger partial charge is 0.287 e. The number of nitrogens with one attached hydrogen (secondary N) is 1. The molecule has 0 saturated carbocycles. The number of likely N-dealkylation sites (tertiary alicyclic amines) is 1. The quantitative estimate of drug-likeness (QED) is 0.539. The molecule has 1 unspecified atom stereocenters. The highest BCUT2D eigenvalue weighted by atomic mass is 32.2. The van der Waals surface area contributed by atoms with E-state index >= 15 is 0 Å². The van der Waals surface area contributed by atoms with E-state index in [0.29, 0.717) is 30.0 Å². The predicted molar refractivity (Wildman–Crippen MR) is 120 cm³/mol. The molecule has 4 rings (SSSR count). The first-order valence-corrected chi connectivity index (χ1v) is 12.0. The monoisotopic (exact) mass is 429 g/mol. The number of rotatable bonds is 7. The summed E-state index contributed by atoms with van der Waals surface area (Å²) in [6.45, 7) is 9.29. The van der Waals surface area contributed by atoms with Crippen LogP contribution in [0.4, 0.5) is 0 Å². The summed E-state index contributed by atoms with van der Waals surface area (Å²) in [7, 11) is 0. The molecular weight excluding hydrogens is 402 g/mol. The molecule has 0 aliphatic carbocycles. The molecule has 1 aromatic carbocycles. The molecule has 1 amide bonds. The van der Waals surface area contributed by atoms with Crippen LogP contribution in [0.2, 0.25) is 0 Å². The van der Waals surface area contributed by atoms with Crippen LogP contribution in [0.3, 0.4) is 0 Å². The van der Waals surface area contributed by atoms with E-state index in [9.17, 15) is 4.79 Å². The SMILES string of the molecule is Cc1csc(SCc2c(C(=O)NCC3CCN(C(C)C)C3)oc3ccccc23)n1. The fraction of sp³-hybridized carbons (Fsp3) is 0.455. The average Bonchev–Trinajstić information content (AvgIpc) is 3.42. The number of nitrogens with zero attached hydrogens (tertiary/aromatic N) is 2. The first kappa shape index (κ1) is 20.4. The zero-order valence-corrected chi connectivity index (χ0v) is 18.7. The zero-order chi connectivity index (χ0) is 20.4. The lowest BCUT2D eigenvalue weighted by Gasteiger charge is -2.20. The van der Waals surface area contributed by atoms with E-state index in [4.69, 9.17) is 4.42 Å². The van der Waals surface area contributed by atoms with E-state index in [1.54, 1.807) is 23.1 Å². The van der Waals surface area contributed by atoms with Crippen molar-refractivity contribution in [1.29, 1.82) is 0 Å². The van der Waals surface area contributed by atoms with Crippen LogP contribution >= 0.6 is 23.1 Å². The fourth-order valence-corrected chi connectivity index (χ4v) is 5.65. The minimum Gasteiger partial charge on any atom is -0.451 e. The number of amides is 1. The Morgan fingerprint density at radius 2 is 2.24 bits per heavy atom. The minimum atomic E-state index is -0.116. The van der Waals surface area contributed by atoms with Gasteiger partial charge in [-0.3, -0.25) is 4.79 Å². The normalized spacial score (nSPS) is 17.4. The Labute approximate surface area is 179 Å². The summed E-state index contributed by atoms with van der Waals surface area (Å²) in [6.07, 6.45) is 1.13. The Bertz CT molecular complexity index is 995. The Morgan fingerprint density at radius 3 is 2.97 bits per heavy atom. The average molecular weight is 430 g/mol. The van der Waals surface area contributed by atoms with Gasteiger partial charge in [-0.1, -0.05) is 30.0 Å². The molecule has 29 heavy (non-hydrogen) atoms. The summed E-state index contributed by atoms with van der Waals surface area (Å²) in [6, 6.07) is 8.43. The molecule has 1 fully saturated rings. The summed E-state index contributed by atoms with van der Waals surface area (Å²) < 4.78 is 6.99. The van der Waals surface area contributed by atoms with Crippen LogP contribution in [0.15, 0.2) is 38.4 Å². The predicted octanol–water partition coefficient (Wildman–Crippen LogP) is 4.95. The van der Waals surface area contributed by atoms with Crippen molar-refractivity contribution < 1.29 is 9.21 Å². The molecule has 1 atom stereocenters. The molecule has 0 radical (unpaired) electrons. The second-order valence-electron chi connectivity index (χ2n) is 7.90. The van der Waals surface area contributed by atoms with Gasteiger partial charge in [0.05, 0.1) is 0 Å². The molecule has 3 heterocycles. The number of thiazole rings is 1. The van der Waals surface area contributed by atoms with Crippen LogP contribution < -0.4 is 5.32 Å². The van der Waals surface area contributed by atoms with Crippen LogP contribution in [0.25, 0.3) is 11.0 Å². The van der Waals surface area contributed by atoms with E-state index in [2.05, 4.69) is 29.0 Å². The largest absolute Gasteiger partial charge is 0.451 e. The standard InChI is InChI=1S/C22H27N3O2S2/c1-14(2)25-9-8-16(11-25)10-23-21(26)20-18(13-29-22-24-15(3)12-28-22)17-6-4-5-7-19(17)27-20/h4-7,12,14,16H,8-11,13H2,1-3H3,(H,23,26). The summed E-state index contributed by atoms with van der Waals surface area (Å²) in [4.78, 5) is 20.0. The summed E-state index contributed by atoms with van der Waals surface area (Å²) in [5.74, 6) is 1.49. The van der Waals surface area contributed by atoms with Gasteiger partial charge in [0.25, 0.3) is 5.91 Å². The Kier molecular flexibility index (Phi) is 6.27. The lowest BCUT2D eigenvalue weighted by molar-refractivity contribution is 0.0920. The van der Waals surface area contributed by atoms with Crippen molar-refractivity contribution in [3.63, 3.8) is 0 Å². The number of furan rings is 1. The van der Waals surface area contributed by atoms with Crippen molar-refractivity contribution in [1.82, 2.24) is 15.2 Å². The Morgan fingerprint density at radius 1 is 1.41 bits per heavy atom. The maximum absolute atomic E-state index is 13.0. The maximum atomic E-state index is 13.0. The second-order valence-corrected chi connectivity index (χ2v) is 9.98. The number of aromatic nitrogens is 1. The van der Waals surface area contributed by atoms with Crippen LogP contribution in [0.5, 0.6) is 0 Å². The highest BCUT2D eigenvalue weighted by Gasteiger charge is 2.26. The van der Waals surface area contributed by atoms with E-state index in [1.807, 2.05) is 36.6 Å². The Hall–Kier alpha value is -1.83. The second kappa shape index (κ2) is 8.90. The Balaban J connectivity index is 1.47. The highest BCUT2D eigenvalue weighted by Crippen LogP contribution is 2.33. The van der Waals surface area contributed by atoms with Gasteiger partial charge >= 0.3 is 0 Å². The van der Waals surface area contributed by atoms with Gasteiger partial charge in [0.1, 0.15) is 9.92 Å². The van der Waals surface area contributed by atoms with Crippen LogP contribution in [-0.2, 0) is 5.75 Å². The zero-order valence-electron chi connectivity index (χ0n) is 17.1. The molecule has 3 aromatic rings. The number of para-hydroxylation sites is 1. The molecule has 7 heteroatoms. The van der Waals surface area contributed by atoms with Gasteiger partial charge in [-0.2, -0.15) is 0 Å². The van der Waals surface area contributed by atoms with E-state index in [1.165, 1.54) is 0 Å². The molecule has 2 aromatic heterocycles. The number of aryl methyl sites for hydroxylation is 1. The van der Waals surface area contributed by atoms with Crippen LogP contribution in [-0.4, -0.2) is 41.5 Å². The molecular formula is C22H27N3O2S2. The van der Waals surface area contributed by atoms with Crippen molar-refractivity contribution >= 4 is 40.0 Å². The fourth-order valence-electron chi connectivity index (χ4n) is 3.77. The summed E-state index contributed by atoms with van der Waals surface area (Å²) in [5, 5.41) is 6.17. The number of thioether (sulfide) groups is 1. The molecule has 1 saturated heterocycles. The third-order valence-electron chi connectivity index (χ3n) is 5.44. The highest BCUT2D eigenvalue weighted by molar-refractivity contribution is 8.00. The van der Waals surface area contributed by atoms with Crippen molar-refractivity contribution in [3.8, 4) is 0 Å². The van der Waals surface area contributed by atoms with E-state index < -0.39 is 0 Å². The van der Waals surface area contributed by atoms with Crippen LogP contribution in [0, 0.1) is 12.8 Å². The lowest BCUT2D eigenvalue weighted by Crippen LogP contribution is -2.33. The molecule has 0 spiro atoms. The van der Waals surface area contributed by atoms with Gasteiger partial charge in [-0.25, -0.2) is 4.98 Å². The maximum Gasteiger partial charge on any atom is 0.287 e.